The number of anilines is 1. The molecule has 2 rings (SSSR count). The number of carboxylic acids is 1. The molecule has 0 atom stereocenters. The number of pyridine rings is 1. The van der Waals surface area contributed by atoms with Gasteiger partial charge in [-0.25, -0.2) is 14.8 Å². The molecular formula is C11H10N4O3S. The number of rotatable bonds is 3. The maximum atomic E-state index is 11.3. The van der Waals surface area contributed by atoms with E-state index >= 15 is 0 Å². The monoisotopic (exact) mass is 278 g/mol. The van der Waals surface area contributed by atoms with E-state index in [2.05, 4.69) is 15.0 Å². The minimum Gasteiger partial charge on any atom is -0.478 e. The number of aromatic amines is 1. The van der Waals surface area contributed by atoms with E-state index in [4.69, 9.17) is 10.8 Å². The molecule has 8 heteroatoms. The molecule has 0 amide bonds. The van der Waals surface area contributed by atoms with Crippen LogP contribution in [-0.2, 0) is 0 Å². The topological polar surface area (TPSA) is 122 Å². The predicted molar refractivity (Wildman–Crippen MR) is 69.3 cm³/mol. The number of nitrogen functional groups attached to an aromatic ring is 1. The summed E-state index contributed by atoms with van der Waals surface area (Å²) < 4.78 is 0. The van der Waals surface area contributed by atoms with Crippen molar-refractivity contribution in [1.29, 1.82) is 0 Å². The van der Waals surface area contributed by atoms with Crippen LogP contribution >= 0.6 is 11.8 Å². The van der Waals surface area contributed by atoms with E-state index in [-0.39, 0.29) is 16.8 Å². The molecule has 0 bridgehead atoms. The largest absolute Gasteiger partial charge is 0.478 e. The predicted octanol–water partition coefficient (Wildman–Crippen LogP) is 0.905. The lowest BCUT2D eigenvalue weighted by Crippen LogP contribution is -2.08. The van der Waals surface area contributed by atoms with Crippen LogP contribution < -0.4 is 11.3 Å². The van der Waals surface area contributed by atoms with Gasteiger partial charge in [-0.2, -0.15) is 0 Å². The molecule has 0 aliphatic carbocycles. The Labute approximate surface area is 111 Å². The Hall–Kier alpha value is -2.35. The molecule has 0 unspecified atom stereocenters. The van der Waals surface area contributed by atoms with E-state index in [1.54, 1.807) is 6.92 Å². The third-order valence-electron chi connectivity index (χ3n) is 2.19. The molecule has 2 aromatic rings. The maximum absolute atomic E-state index is 11.3. The van der Waals surface area contributed by atoms with Gasteiger partial charge in [-0.15, -0.1) is 0 Å². The number of carbonyl (C=O) groups is 1. The van der Waals surface area contributed by atoms with Crippen molar-refractivity contribution in [2.24, 2.45) is 0 Å². The normalized spacial score (nSPS) is 10.4. The van der Waals surface area contributed by atoms with E-state index in [0.29, 0.717) is 15.9 Å². The highest BCUT2D eigenvalue weighted by atomic mass is 32.2. The average molecular weight is 278 g/mol. The summed E-state index contributed by atoms with van der Waals surface area (Å²) in [5.41, 5.74) is 5.85. The van der Waals surface area contributed by atoms with Crippen molar-refractivity contribution in [2.75, 3.05) is 5.73 Å². The fourth-order valence-corrected chi connectivity index (χ4v) is 2.21. The molecule has 4 N–H and O–H groups in total. The molecule has 0 saturated carbocycles. The summed E-state index contributed by atoms with van der Waals surface area (Å²) in [5, 5.41) is 9.69. The van der Waals surface area contributed by atoms with E-state index in [1.807, 2.05) is 0 Å². The minimum atomic E-state index is -1.13. The molecule has 98 valence electrons. The molecule has 0 saturated heterocycles. The second-order valence-electron chi connectivity index (χ2n) is 3.71. The molecule has 2 heterocycles. The first-order valence-electron chi connectivity index (χ1n) is 5.20. The molecule has 2 aromatic heterocycles. The number of nitrogens with zero attached hydrogens (tertiary/aromatic N) is 2. The Bertz CT molecular complexity index is 699. The Morgan fingerprint density at radius 2 is 2.21 bits per heavy atom. The van der Waals surface area contributed by atoms with Crippen molar-refractivity contribution in [3.63, 3.8) is 0 Å². The van der Waals surface area contributed by atoms with Crippen LogP contribution in [0.25, 0.3) is 0 Å². The fraction of sp³-hybridized carbons (Fsp3) is 0.0909. The number of hydrogen-bond donors (Lipinski definition) is 3. The summed E-state index contributed by atoms with van der Waals surface area (Å²) in [5.74, 6) is -1.13. The molecule has 0 aromatic carbocycles. The summed E-state index contributed by atoms with van der Waals surface area (Å²) in [4.78, 5) is 32.9. The van der Waals surface area contributed by atoms with Gasteiger partial charge in [-0.3, -0.25) is 4.79 Å². The molecule has 0 radical (unpaired) electrons. The number of carboxylic acid groups (broad SMARTS) is 1. The zero-order valence-electron chi connectivity index (χ0n) is 9.88. The molecule has 0 aliphatic rings. The highest BCUT2D eigenvalue weighted by Crippen LogP contribution is 2.24. The molecular weight excluding hydrogens is 268 g/mol. The number of aromatic carboxylic acids is 1. The molecule has 0 fully saturated rings. The number of aromatic nitrogens is 3. The lowest BCUT2D eigenvalue weighted by molar-refractivity contribution is 0.0697. The Morgan fingerprint density at radius 3 is 2.84 bits per heavy atom. The average Bonchev–Trinajstić information content (AvgIpc) is 2.30. The van der Waals surface area contributed by atoms with Gasteiger partial charge in [0.15, 0.2) is 5.16 Å². The highest BCUT2D eigenvalue weighted by molar-refractivity contribution is 7.99. The summed E-state index contributed by atoms with van der Waals surface area (Å²) >= 11 is 1.06. The standard InChI is InChI=1S/C11H10N4O3S/c1-5-2-8(16)15-11(14-5)19-9-3-6(10(17)18)7(12)4-13-9/h2-4H,12H2,1H3,(H,17,18)(H,14,15,16). The SMILES string of the molecule is Cc1cc(=O)[nH]c(Sc2cc(C(=O)O)c(N)cn2)n1. The van der Waals surface area contributed by atoms with Crippen LogP contribution in [0.2, 0.25) is 0 Å². The molecule has 19 heavy (non-hydrogen) atoms. The molecule has 0 aliphatic heterocycles. The second kappa shape index (κ2) is 5.11. The number of nitrogens with two attached hydrogens (primary N) is 1. The summed E-state index contributed by atoms with van der Waals surface area (Å²) in [6.07, 6.45) is 1.26. The lowest BCUT2D eigenvalue weighted by Gasteiger charge is -2.04. The van der Waals surface area contributed by atoms with Crippen molar-refractivity contribution in [2.45, 2.75) is 17.1 Å². The highest BCUT2D eigenvalue weighted by Gasteiger charge is 2.11. The van der Waals surface area contributed by atoms with Crippen LogP contribution in [0.3, 0.4) is 0 Å². The summed E-state index contributed by atoms with van der Waals surface area (Å²) in [6.45, 7) is 1.69. The van der Waals surface area contributed by atoms with Gasteiger partial charge in [0.05, 0.1) is 17.4 Å². The van der Waals surface area contributed by atoms with Crippen molar-refractivity contribution < 1.29 is 9.90 Å². The van der Waals surface area contributed by atoms with E-state index in [0.717, 1.165) is 11.8 Å². The van der Waals surface area contributed by atoms with Crippen molar-refractivity contribution in [1.82, 2.24) is 15.0 Å². The fourth-order valence-electron chi connectivity index (χ4n) is 1.39. The Morgan fingerprint density at radius 1 is 1.47 bits per heavy atom. The molecule has 0 spiro atoms. The molecule has 7 nitrogen and oxygen atoms in total. The van der Waals surface area contributed by atoms with Crippen LogP contribution in [0.15, 0.2) is 33.3 Å². The van der Waals surface area contributed by atoms with Crippen LogP contribution in [0.5, 0.6) is 0 Å². The number of nitrogens with one attached hydrogen (secondary N) is 1. The van der Waals surface area contributed by atoms with Crippen LogP contribution in [-0.4, -0.2) is 26.0 Å². The Kier molecular flexibility index (Phi) is 3.52. The number of H-pyrrole nitrogens is 1. The van der Waals surface area contributed by atoms with Gasteiger partial charge < -0.3 is 15.8 Å². The van der Waals surface area contributed by atoms with E-state index in [9.17, 15) is 9.59 Å². The Balaban J connectivity index is 2.36. The quantitative estimate of drug-likeness (QED) is 0.713. The third kappa shape index (κ3) is 3.10. The van der Waals surface area contributed by atoms with Crippen molar-refractivity contribution >= 4 is 23.4 Å². The first kappa shape index (κ1) is 13.1. The number of hydrogen-bond acceptors (Lipinski definition) is 6. The second-order valence-corrected chi connectivity index (χ2v) is 4.72. The van der Waals surface area contributed by atoms with Gasteiger partial charge in [0.2, 0.25) is 0 Å². The van der Waals surface area contributed by atoms with Gasteiger partial charge in [-0.1, -0.05) is 0 Å². The van der Waals surface area contributed by atoms with E-state index < -0.39 is 5.97 Å². The van der Waals surface area contributed by atoms with Crippen molar-refractivity contribution in [3.8, 4) is 0 Å². The summed E-state index contributed by atoms with van der Waals surface area (Å²) in [7, 11) is 0. The van der Waals surface area contributed by atoms with Crippen LogP contribution in [0.1, 0.15) is 16.1 Å². The third-order valence-corrected chi connectivity index (χ3v) is 3.01. The first-order valence-corrected chi connectivity index (χ1v) is 6.02. The zero-order chi connectivity index (χ0) is 14.0. The minimum absolute atomic E-state index is 0.0347. The lowest BCUT2D eigenvalue weighted by atomic mass is 10.2. The first-order chi connectivity index (χ1) is 8.95. The van der Waals surface area contributed by atoms with Crippen LogP contribution in [0.4, 0.5) is 5.69 Å². The van der Waals surface area contributed by atoms with Gasteiger partial charge >= 0.3 is 5.97 Å². The van der Waals surface area contributed by atoms with Gasteiger partial charge in [0, 0.05) is 11.8 Å². The van der Waals surface area contributed by atoms with Gasteiger partial charge in [-0.05, 0) is 24.8 Å². The van der Waals surface area contributed by atoms with E-state index in [1.165, 1.54) is 18.3 Å². The van der Waals surface area contributed by atoms with Gasteiger partial charge in [0.25, 0.3) is 5.56 Å². The smallest absolute Gasteiger partial charge is 0.337 e. The summed E-state index contributed by atoms with van der Waals surface area (Å²) in [6, 6.07) is 2.70. The van der Waals surface area contributed by atoms with Crippen LogP contribution in [0, 0.1) is 6.92 Å². The number of aryl methyl sites for hydroxylation is 1. The van der Waals surface area contributed by atoms with Crippen molar-refractivity contribution in [3.05, 3.63) is 39.9 Å². The van der Waals surface area contributed by atoms with Gasteiger partial charge in [0.1, 0.15) is 5.03 Å². The maximum Gasteiger partial charge on any atom is 0.337 e. The zero-order valence-corrected chi connectivity index (χ0v) is 10.7.